The van der Waals surface area contributed by atoms with Crippen LogP contribution in [0, 0.1) is 5.92 Å². The summed E-state index contributed by atoms with van der Waals surface area (Å²) in [5, 5.41) is 0.0879. The smallest absolute Gasteiger partial charge is 0.330 e. The fraction of sp³-hybridized carbons (Fsp3) is 0.625. The van der Waals surface area contributed by atoms with Gasteiger partial charge in [-0.05, 0) is 6.92 Å². The molecule has 1 rings (SSSR count). The lowest BCUT2D eigenvalue weighted by Gasteiger charge is -2.17. The first-order valence-corrected chi connectivity index (χ1v) is 4.38. The molecular weight excluding hydrogens is 231 g/mol. The lowest BCUT2D eigenvalue weighted by atomic mass is 10.2. The Morgan fingerprint density at radius 1 is 1.31 bits per heavy atom. The van der Waals surface area contributed by atoms with Crippen LogP contribution in [0.1, 0.15) is 19.8 Å². The summed E-state index contributed by atoms with van der Waals surface area (Å²) < 4.78 is 36.2. The Balaban J connectivity index is 2.64. The van der Waals surface area contributed by atoms with Crippen LogP contribution in [-0.2, 0) is 19.2 Å². The van der Waals surface area contributed by atoms with Crippen LogP contribution >= 0.6 is 0 Å². The van der Waals surface area contributed by atoms with Gasteiger partial charge in [0.1, 0.15) is 0 Å². The molecule has 1 fully saturated rings. The standard InChI is InChI=1S/C8H8F3NO4/c1-4(8(9,10)11)7(15)16-12-5(13)2-3-6(12)14/h4H,2-3H2,1H3. The van der Waals surface area contributed by atoms with E-state index in [-0.39, 0.29) is 17.9 Å². The first-order chi connectivity index (χ1) is 7.23. The van der Waals surface area contributed by atoms with Gasteiger partial charge in [-0.15, -0.1) is 5.06 Å². The third kappa shape index (κ3) is 2.50. The number of amides is 2. The predicted octanol–water partition coefficient (Wildman–Crippen LogP) is 0.792. The highest BCUT2D eigenvalue weighted by Gasteiger charge is 2.45. The number of alkyl halides is 3. The van der Waals surface area contributed by atoms with Crippen molar-refractivity contribution in [3.05, 3.63) is 0 Å². The summed E-state index contributed by atoms with van der Waals surface area (Å²) in [5.41, 5.74) is 0. The molecule has 0 aromatic heterocycles. The zero-order valence-electron chi connectivity index (χ0n) is 8.21. The number of hydrogen-bond donors (Lipinski definition) is 0. The maximum absolute atomic E-state index is 12.1. The van der Waals surface area contributed by atoms with E-state index in [0.29, 0.717) is 6.92 Å². The molecule has 1 aliphatic heterocycles. The summed E-state index contributed by atoms with van der Waals surface area (Å²) in [4.78, 5) is 36.9. The second-order valence-electron chi connectivity index (χ2n) is 3.26. The summed E-state index contributed by atoms with van der Waals surface area (Å²) >= 11 is 0. The van der Waals surface area contributed by atoms with Crippen LogP contribution in [0.5, 0.6) is 0 Å². The van der Waals surface area contributed by atoms with Gasteiger partial charge in [0.25, 0.3) is 11.8 Å². The molecule has 1 atom stereocenters. The summed E-state index contributed by atoms with van der Waals surface area (Å²) in [5.74, 6) is -5.68. The number of carbonyl (C=O) groups excluding carboxylic acids is 3. The highest BCUT2D eigenvalue weighted by molar-refractivity contribution is 6.01. The zero-order valence-corrected chi connectivity index (χ0v) is 8.21. The summed E-state index contributed by atoms with van der Waals surface area (Å²) in [6, 6.07) is 0. The molecule has 16 heavy (non-hydrogen) atoms. The molecule has 0 N–H and O–H groups in total. The molecule has 0 aliphatic carbocycles. The molecule has 1 unspecified atom stereocenters. The van der Waals surface area contributed by atoms with E-state index in [1.54, 1.807) is 0 Å². The van der Waals surface area contributed by atoms with Crippen LogP contribution in [0.15, 0.2) is 0 Å². The number of hydrogen-bond acceptors (Lipinski definition) is 4. The Bertz CT molecular complexity index is 323. The SMILES string of the molecule is CC(C(=O)ON1C(=O)CCC1=O)C(F)(F)F. The van der Waals surface area contributed by atoms with Crippen molar-refractivity contribution in [2.24, 2.45) is 5.92 Å². The van der Waals surface area contributed by atoms with Crippen molar-refractivity contribution in [1.82, 2.24) is 5.06 Å². The normalized spacial score (nSPS) is 18.9. The first-order valence-electron chi connectivity index (χ1n) is 4.38. The highest BCUT2D eigenvalue weighted by Crippen LogP contribution is 2.27. The Morgan fingerprint density at radius 2 is 1.75 bits per heavy atom. The van der Waals surface area contributed by atoms with Crippen LogP contribution in [-0.4, -0.2) is 29.0 Å². The lowest BCUT2D eigenvalue weighted by molar-refractivity contribution is -0.222. The first kappa shape index (κ1) is 12.5. The molecule has 5 nitrogen and oxygen atoms in total. The summed E-state index contributed by atoms with van der Waals surface area (Å²) in [7, 11) is 0. The van der Waals surface area contributed by atoms with Crippen molar-refractivity contribution in [2.75, 3.05) is 0 Å². The Kier molecular flexibility index (Phi) is 3.20. The van der Waals surface area contributed by atoms with Crippen molar-refractivity contribution >= 4 is 17.8 Å². The van der Waals surface area contributed by atoms with E-state index in [2.05, 4.69) is 4.84 Å². The second-order valence-corrected chi connectivity index (χ2v) is 3.26. The van der Waals surface area contributed by atoms with Crippen molar-refractivity contribution in [1.29, 1.82) is 0 Å². The minimum absolute atomic E-state index is 0.0879. The van der Waals surface area contributed by atoms with Crippen molar-refractivity contribution in [2.45, 2.75) is 25.9 Å². The van der Waals surface area contributed by atoms with Gasteiger partial charge in [0, 0.05) is 12.8 Å². The van der Waals surface area contributed by atoms with E-state index in [0.717, 1.165) is 0 Å². The van der Waals surface area contributed by atoms with Crippen molar-refractivity contribution < 1.29 is 32.4 Å². The molecule has 1 aliphatic rings. The average Bonchev–Trinajstić information content (AvgIpc) is 2.46. The van der Waals surface area contributed by atoms with E-state index >= 15 is 0 Å². The number of hydroxylamine groups is 2. The van der Waals surface area contributed by atoms with Crippen molar-refractivity contribution in [3.8, 4) is 0 Å². The highest BCUT2D eigenvalue weighted by atomic mass is 19.4. The minimum atomic E-state index is -4.76. The Morgan fingerprint density at radius 3 is 2.12 bits per heavy atom. The van der Waals surface area contributed by atoms with E-state index in [1.807, 2.05) is 0 Å². The lowest BCUT2D eigenvalue weighted by Crippen LogP contribution is -2.38. The molecule has 0 radical (unpaired) electrons. The van der Waals surface area contributed by atoms with Gasteiger partial charge in [-0.25, -0.2) is 4.79 Å². The Labute approximate surface area is 88.1 Å². The van der Waals surface area contributed by atoms with Gasteiger partial charge in [-0.2, -0.15) is 13.2 Å². The fourth-order valence-electron chi connectivity index (χ4n) is 0.961. The molecular formula is C8H8F3NO4. The van der Waals surface area contributed by atoms with E-state index in [4.69, 9.17) is 0 Å². The quantitative estimate of drug-likeness (QED) is 0.668. The molecule has 0 aromatic carbocycles. The van der Waals surface area contributed by atoms with Crippen LogP contribution in [0.25, 0.3) is 0 Å². The zero-order chi connectivity index (χ0) is 12.5. The fourth-order valence-corrected chi connectivity index (χ4v) is 0.961. The maximum Gasteiger partial charge on any atom is 0.402 e. The van der Waals surface area contributed by atoms with Gasteiger partial charge in [0.15, 0.2) is 5.92 Å². The van der Waals surface area contributed by atoms with Crippen LogP contribution < -0.4 is 0 Å². The molecule has 90 valence electrons. The number of rotatable bonds is 2. The number of carbonyl (C=O) groups is 3. The van der Waals surface area contributed by atoms with Crippen LogP contribution in [0.3, 0.4) is 0 Å². The summed E-state index contributed by atoms with van der Waals surface area (Å²) in [6.07, 6.45) is -5.08. The molecule has 0 spiro atoms. The van der Waals surface area contributed by atoms with Crippen LogP contribution in [0.4, 0.5) is 13.2 Å². The number of nitrogens with zero attached hydrogens (tertiary/aromatic N) is 1. The molecule has 1 saturated heterocycles. The largest absolute Gasteiger partial charge is 0.402 e. The van der Waals surface area contributed by atoms with Gasteiger partial charge in [-0.3, -0.25) is 9.59 Å². The van der Waals surface area contributed by atoms with Gasteiger partial charge in [0.05, 0.1) is 0 Å². The predicted molar refractivity (Wildman–Crippen MR) is 42.4 cm³/mol. The van der Waals surface area contributed by atoms with Gasteiger partial charge < -0.3 is 4.84 Å². The third-order valence-electron chi connectivity index (χ3n) is 2.03. The number of imide groups is 1. The molecule has 0 saturated carbocycles. The van der Waals surface area contributed by atoms with E-state index in [1.165, 1.54) is 0 Å². The molecule has 0 bridgehead atoms. The van der Waals surface area contributed by atoms with Gasteiger partial charge >= 0.3 is 12.1 Å². The Hall–Kier alpha value is -1.60. The minimum Gasteiger partial charge on any atom is -0.330 e. The monoisotopic (exact) mass is 239 g/mol. The molecule has 8 heteroatoms. The summed E-state index contributed by atoms with van der Waals surface area (Å²) in [6.45, 7) is 0.591. The molecule has 1 heterocycles. The van der Waals surface area contributed by atoms with Crippen molar-refractivity contribution in [3.63, 3.8) is 0 Å². The molecule has 0 aromatic rings. The van der Waals surface area contributed by atoms with Crippen LogP contribution in [0.2, 0.25) is 0 Å². The average molecular weight is 239 g/mol. The van der Waals surface area contributed by atoms with E-state index in [9.17, 15) is 27.6 Å². The topological polar surface area (TPSA) is 63.7 Å². The van der Waals surface area contributed by atoms with E-state index < -0.39 is 29.9 Å². The third-order valence-corrected chi connectivity index (χ3v) is 2.03. The molecule has 2 amide bonds. The van der Waals surface area contributed by atoms with Gasteiger partial charge in [0.2, 0.25) is 0 Å². The number of halogens is 3. The maximum atomic E-state index is 12.1. The second kappa shape index (κ2) is 4.11. The van der Waals surface area contributed by atoms with Gasteiger partial charge in [-0.1, -0.05) is 0 Å².